The lowest BCUT2D eigenvalue weighted by Gasteiger charge is -2.35. The average Bonchev–Trinajstić information content (AvgIpc) is 2.74. The molecule has 0 unspecified atom stereocenters. The Morgan fingerprint density at radius 2 is 1.72 bits per heavy atom. The Morgan fingerprint density at radius 1 is 1.07 bits per heavy atom. The minimum atomic E-state index is -0.537. The monoisotopic (exact) mass is 399 g/mol. The van der Waals surface area contributed by atoms with Crippen LogP contribution in [0.2, 0.25) is 0 Å². The number of ether oxygens (including phenoxy) is 1. The van der Waals surface area contributed by atoms with Crippen LogP contribution in [0.25, 0.3) is 0 Å². The second-order valence-corrected chi connectivity index (χ2v) is 7.30. The van der Waals surface area contributed by atoms with Crippen LogP contribution in [0, 0.1) is 11.2 Å². The van der Waals surface area contributed by atoms with Crippen LogP contribution in [0.3, 0.4) is 0 Å². The van der Waals surface area contributed by atoms with E-state index in [9.17, 15) is 14.0 Å². The molecule has 0 spiro atoms. The van der Waals surface area contributed by atoms with Gasteiger partial charge in [0.2, 0.25) is 5.91 Å². The van der Waals surface area contributed by atoms with Crippen LogP contribution < -0.4 is 16.0 Å². The number of nitrogens with one attached hydrogen (secondary N) is 3. The zero-order valence-electron chi connectivity index (χ0n) is 16.5. The van der Waals surface area contributed by atoms with E-state index < -0.39 is 5.41 Å². The highest BCUT2D eigenvalue weighted by molar-refractivity contribution is 5.97. The zero-order valence-corrected chi connectivity index (χ0v) is 16.5. The topological polar surface area (TPSA) is 79.5 Å². The van der Waals surface area contributed by atoms with E-state index in [0.29, 0.717) is 24.4 Å². The van der Waals surface area contributed by atoms with E-state index >= 15 is 0 Å². The summed E-state index contributed by atoms with van der Waals surface area (Å²) in [6, 6.07) is 12.7. The van der Waals surface area contributed by atoms with Gasteiger partial charge in [0.25, 0.3) is 5.91 Å². The number of halogens is 1. The third-order valence-electron chi connectivity index (χ3n) is 5.23. The molecule has 0 radical (unpaired) electrons. The normalized spacial score (nSPS) is 15.5. The molecule has 3 rings (SSSR count). The molecular formula is C22H26FN3O3. The molecule has 2 amide bonds. The van der Waals surface area contributed by atoms with Crippen molar-refractivity contribution in [3.8, 4) is 0 Å². The fraction of sp³-hybridized carbons (Fsp3) is 0.364. The highest BCUT2D eigenvalue weighted by Gasteiger charge is 2.39. The summed E-state index contributed by atoms with van der Waals surface area (Å²) in [6.07, 6.45) is 1.44. The third kappa shape index (κ3) is 5.40. The summed E-state index contributed by atoms with van der Waals surface area (Å²) in [5, 5.41) is 9.01. The van der Waals surface area contributed by atoms with E-state index in [4.69, 9.17) is 4.74 Å². The van der Waals surface area contributed by atoms with Crippen LogP contribution in [0.5, 0.6) is 0 Å². The largest absolute Gasteiger partial charge is 0.384 e. The number of hydrogen-bond donors (Lipinski definition) is 3. The summed E-state index contributed by atoms with van der Waals surface area (Å²) in [5.74, 6) is -0.606. The molecule has 0 atom stereocenters. The van der Waals surface area contributed by atoms with E-state index in [-0.39, 0.29) is 17.6 Å². The standard InChI is InChI=1S/C22H26FN3O3/c1-29-15-22(10-12-24-13-11-22)21(28)26-19-8-4-17(5-9-19)20(27)25-14-16-2-6-18(23)7-3-16/h2-9,24H,10-15H2,1H3,(H,25,27)(H,26,28). The van der Waals surface area contributed by atoms with E-state index in [1.807, 2.05) is 0 Å². The fourth-order valence-electron chi connectivity index (χ4n) is 3.47. The maximum Gasteiger partial charge on any atom is 0.251 e. The molecule has 0 saturated carbocycles. The quantitative estimate of drug-likeness (QED) is 0.669. The lowest BCUT2D eigenvalue weighted by Crippen LogP contribution is -2.47. The van der Waals surface area contributed by atoms with Gasteiger partial charge in [0.15, 0.2) is 0 Å². The van der Waals surface area contributed by atoms with Gasteiger partial charge in [-0.2, -0.15) is 0 Å². The Bertz CT molecular complexity index is 826. The first kappa shape index (κ1) is 21.0. The molecule has 1 heterocycles. The average molecular weight is 399 g/mol. The number of hydrogen-bond acceptors (Lipinski definition) is 4. The van der Waals surface area contributed by atoms with Gasteiger partial charge in [0.05, 0.1) is 12.0 Å². The molecule has 6 nitrogen and oxygen atoms in total. The lowest BCUT2D eigenvalue weighted by molar-refractivity contribution is -0.130. The second-order valence-electron chi connectivity index (χ2n) is 7.30. The fourth-order valence-corrected chi connectivity index (χ4v) is 3.47. The lowest BCUT2D eigenvalue weighted by atomic mass is 9.78. The molecule has 0 bridgehead atoms. The molecule has 154 valence electrons. The van der Waals surface area contributed by atoms with Gasteiger partial charge in [-0.3, -0.25) is 9.59 Å². The number of carbonyl (C=O) groups excluding carboxylic acids is 2. The molecular weight excluding hydrogens is 373 g/mol. The summed E-state index contributed by atoms with van der Waals surface area (Å²) in [6.45, 7) is 2.25. The van der Waals surface area contributed by atoms with Gasteiger partial charge in [-0.15, -0.1) is 0 Å². The summed E-state index contributed by atoms with van der Waals surface area (Å²) in [7, 11) is 1.61. The van der Waals surface area contributed by atoms with Crippen molar-refractivity contribution in [1.29, 1.82) is 0 Å². The number of piperidine rings is 1. The smallest absolute Gasteiger partial charge is 0.251 e. The Morgan fingerprint density at radius 3 is 2.34 bits per heavy atom. The van der Waals surface area contributed by atoms with Crippen molar-refractivity contribution in [1.82, 2.24) is 10.6 Å². The van der Waals surface area contributed by atoms with Crippen molar-refractivity contribution >= 4 is 17.5 Å². The zero-order chi connectivity index (χ0) is 20.7. The number of methoxy groups -OCH3 is 1. The molecule has 29 heavy (non-hydrogen) atoms. The number of anilines is 1. The van der Waals surface area contributed by atoms with Gasteiger partial charge in [-0.1, -0.05) is 12.1 Å². The SMILES string of the molecule is COCC1(C(=O)Nc2ccc(C(=O)NCc3ccc(F)cc3)cc2)CCNCC1. The molecule has 2 aromatic rings. The molecule has 1 fully saturated rings. The first-order valence-electron chi connectivity index (χ1n) is 9.66. The molecule has 0 aliphatic carbocycles. The van der Waals surface area contributed by atoms with Gasteiger partial charge in [-0.05, 0) is 67.9 Å². The summed E-state index contributed by atoms with van der Waals surface area (Å²) >= 11 is 0. The van der Waals surface area contributed by atoms with Crippen LogP contribution in [-0.4, -0.2) is 38.6 Å². The van der Waals surface area contributed by atoms with Gasteiger partial charge >= 0.3 is 0 Å². The highest BCUT2D eigenvalue weighted by atomic mass is 19.1. The summed E-state index contributed by atoms with van der Waals surface area (Å²) in [5.41, 5.74) is 1.40. The molecule has 2 aromatic carbocycles. The predicted molar refractivity (Wildman–Crippen MR) is 109 cm³/mol. The third-order valence-corrected chi connectivity index (χ3v) is 5.23. The Balaban J connectivity index is 1.58. The second kappa shape index (κ2) is 9.62. The molecule has 1 saturated heterocycles. The summed E-state index contributed by atoms with van der Waals surface area (Å²) < 4.78 is 18.2. The Kier molecular flexibility index (Phi) is 6.95. The van der Waals surface area contributed by atoms with E-state index in [1.165, 1.54) is 12.1 Å². The molecule has 1 aliphatic heterocycles. The van der Waals surface area contributed by atoms with Crippen molar-refractivity contribution in [2.24, 2.45) is 5.41 Å². The van der Waals surface area contributed by atoms with Crippen LogP contribution in [0.4, 0.5) is 10.1 Å². The maximum atomic E-state index is 12.9. The van der Waals surface area contributed by atoms with Gasteiger partial charge in [0, 0.05) is 24.9 Å². The summed E-state index contributed by atoms with van der Waals surface area (Å²) in [4.78, 5) is 25.2. The minimum absolute atomic E-state index is 0.0608. The van der Waals surface area contributed by atoms with Crippen molar-refractivity contribution in [3.63, 3.8) is 0 Å². The van der Waals surface area contributed by atoms with Crippen molar-refractivity contribution < 1.29 is 18.7 Å². The maximum absolute atomic E-state index is 12.9. The van der Waals surface area contributed by atoms with Crippen LogP contribution in [0.1, 0.15) is 28.8 Å². The molecule has 1 aliphatic rings. The van der Waals surface area contributed by atoms with Crippen LogP contribution in [0.15, 0.2) is 48.5 Å². The molecule has 3 N–H and O–H groups in total. The Labute approximate surface area is 169 Å². The first-order chi connectivity index (χ1) is 14.0. The van der Waals surface area contributed by atoms with Gasteiger partial charge in [0.1, 0.15) is 5.82 Å². The van der Waals surface area contributed by atoms with Crippen LogP contribution >= 0.6 is 0 Å². The van der Waals surface area contributed by atoms with Crippen molar-refractivity contribution in [2.75, 3.05) is 32.1 Å². The minimum Gasteiger partial charge on any atom is -0.384 e. The molecule has 0 aromatic heterocycles. The van der Waals surface area contributed by atoms with E-state index in [1.54, 1.807) is 43.5 Å². The van der Waals surface area contributed by atoms with E-state index in [0.717, 1.165) is 31.5 Å². The highest BCUT2D eigenvalue weighted by Crippen LogP contribution is 2.31. The number of benzene rings is 2. The number of carbonyl (C=O) groups is 2. The predicted octanol–water partition coefficient (Wildman–Crippen LogP) is 2.71. The van der Waals surface area contributed by atoms with Crippen molar-refractivity contribution in [2.45, 2.75) is 19.4 Å². The van der Waals surface area contributed by atoms with Gasteiger partial charge < -0.3 is 20.7 Å². The van der Waals surface area contributed by atoms with Gasteiger partial charge in [-0.25, -0.2) is 4.39 Å². The molecule has 7 heteroatoms. The Hall–Kier alpha value is -2.77. The van der Waals surface area contributed by atoms with E-state index in [2.05, 4.69) is 16.0 Å². The van der Waals surface area contributed by atoms with Crippen molar-refractivity contribution in [3.05, 3.63) is 65.5 Å². The first-order valence-corrected chi connectivity index (χ1v) is 9.66. The number of rotatable bonds is 7. The van der Waals surface area contributed by atoms with Crippen LogP contribution in [-0.2, 0) is 16.1 Å². The number of amides is 2.